The first-order chi connectivity index (χ1) is 18.3. The zero-order valence-corrected chi connectivity index (χ0v) is 21.3. The average Bonchev–Trinajstić information content (AvgIpc) is 3.31. The second-order valence-electron chi connectivity index (χ2n) is 9.10. The van der Waals surface area contributed by atoms with Gasteiger partial charge in [0.25, 0.3) is 0 Å². The molecule has 1 saturated heterocycles. The van der Waals surface area contributed by atoms with Crippen LogP contribution >= 0.6 is 0 Å². The van der Waals surface area contributed by atoms with E-state index in [1.54, 1.807) is 66.7 Å². The normalized spacial score (nSPS) is 17.3. The Morgan fingerprint density at radius 2 is 1.50 bits per heavy atom. The third kappa shape index (κ3) is 4.43. The highest BCUT2D eigenvalue weighted by Crippen LogP contribution is 2.44. The highest BCUT2D eigenvalue weighted by Gasteiger charge is 2.57. The Labute approximate surface area is 221 Å². The van der Waals surface area contributed by atoms with Crippen LogP contribution in [0.15, 0.2) is 114 Å². The molecule has 4 aromatic rings. The van der Waals surface area contributed by atoms with Crippen molar-refractivity contribution in [2.45, 2.75) is 22.6 Å². The van der Waals surface area contributed by atoms with Gasteiger partial charge in [-0.3, -0.25) is 9.69 Å². The highest BCUT2D eigenvalue weighted by molar-refractivity contribution is 7.92. The summed E-state index contributed by atoms with van der Waals surface area (Å²) < 4.78 is 28.8. The molecule has 7 nitrogen and oxygen atoms in total. The number of rotatable bonds is 8. The van der Waals surface area contributed by atoms with Crippen LogP contribution in [0.1, 0.15) is 17.5 Å². The van der Waals surface area contributed by atoms with Crippen molar-refractivity contribution in [2.75, 3.05) is 11.4 Å². The molecule has 5 rings (SSSR count). The van der Waals surface area contributed by atoms with Crippen LogP contribution in [0.4, 0.5) is 10.5 Å². The Bertz CT molecular complexity index is 1570. The number of nitrogens with zero attached hydrogens (tertiary/aromatic N) is 1. The van der Waals surface area contributed by atoms with Gasteiger partial charge in [0.1, 0.15) is 0 Å². The van der Waals surface area contributed by atoms with Crippen LogP contribution in [-0.2, 0) is 25.9 Å². The van der Waals surface area contributed by atoms with Crippen molar-refractivity contribution in [3.63, 3.8) is 0 Å². The second-order valence-corrected chi connectivity index (χ2v) is 11.3. The van der Waals surface area contributed by atoms with Crippen LogP contribution in [0.5, 0.6) is 0 Å². The summed E-state index contributed by atoms with van der Waals surface area (Å²) in [4.78, 5) is 23.9. The molecule has 8 heteroatoms. The smallest absolute Gasteiger partial charge is 0.323 e. The number of aliphatic carboxylic acids is 1. The summed E-state index contributed by atoms with van der Waals surface area (Å²) >= 11 is 0. The van der Waals surface area contributed by atoms with Crippen molar-refractivity contribution in [2.24, 2.45) is 0 Å². The van der Waals surface area contributed by atoms with E-state index in [0.29, 0.717) is 17.7 Å². The van der Waals surface area contributed by atoms with Crippen LogP contribution in [0.25, 0.3) is 11.1 Å². The number of sulfone groups is 1. The molecule has 0 radical (unpaired) electrons. The van der Waals surface area contributed by atoms with Gasteiger partial charge in [0.2, 0.25) is 9.84 Å². The number of carboxylic acids is 1. The molecular formula is C30H26N2O5S. The number of nitrogens with one attached hydrogen (secondary N) is 1. The van der Waals surface area contributed by atoms with E-state index < -0.39 is 26.7 Å². The van der Waals surface area contributed by atoms with Gasteiger partial charge >= 0.3 is 12.0 Å². The van der Waals surface area contributed by atoms with Crippen LogP contribution < -0.4 is 10.2 Å². The summed E-state index contributed by atoms with van der Waals surface area (Å²) in [5.41, 5.74) is 3.45. The fourth-order valence-corrected chi connectivity index (χ4v) is 6.91. The summed E-state index contributed by atoms with van der Waals surface area (Å²) in [6.07, 6.45) is 0.471. The molecule has 1 aliphatic heterocycles. The van der Waals surface area contributed by atoms with Crippen molar-refractivity contribution in [3.8, 4) is 11.1 Å². The highest BCUT2D eigenvalue weighted by atomic mass is 32.2. The number of para-hydroxylation sites is 1. The molecule has 0 saturated carbocycles. The number of carbonyl (C=O) groups is 2. The molecule has 0 spiro atoms. The summed E-state index contributed by atoms with van der Waals surface area (Å²) in [6, 6.07) is 31.2. The fraction of sp³-hybridized carbons (Fsp3) is 0.133. The average molecular weight is 527 g/mol. The lowest BCUT2D eigenvalue weighted by molar-refractivity contribution is -0.136. The van der Waals surface area contributed by atoms with Crippen molar-refractivity contribution in [3.05, 3.63) is 120 Å². The van der Waals surface area contributed by atoms with Crippen molar-refractivity contribution in [1.82, 2.24) is 5.32 Å². The van der Waals surface area contributed by atoms with Gasteiger partial charge in [-0.2, -0.15) is 0 Å². The summed E-state index contributed by atoms with van der Waals surface area (Å²) in [5.74, 6) is -0.852. The number of amides is 2. The maximum atomic E-state index is 14.4. The SMILES string of the molecule is O=C(O)CCc1ccc(-c2cccc(C3(S(=O)(=O)c4ccccc4)CNC(=O)N3c3ccccc3)c2)cc1. The van der Waals surface area contributed by atoms with E-state index in [9.17, 15) is 18.0 Å². The van der Waals surface area contributed by atoms with Crippen LogP contribution in [0.2, 0.25) is 0 Å². The summed E-state index contributed by atoms with van der Waals surface area (Å²) in [7, 11) is -4.12. The van der Waals surface area contributed by atoms with Gasteiger partial charge in [-0.25, -0.2) is 13.2 Å². The van der Waals surface area contributed by atoms with Crippen molar-refractivity contribution < 1.29 is 23.1 Å². The fourth-order valence-electron chi connectivity index (χ4n) is 4.87. The Balaban J connectivity index is 1.66. The van der Waals surface area contributed by atoms with Gasteiger partial charge in [-0.1, -0.05) is 78.9 Å². The van der Waals surface area contributed by atoms with Crippen LogP contribution in [-0.4, -0.2) is 32.1 Å². The molecule has 192 valence electrons. The molecule has 38 heavy (non-hydrogen) atoms. The third-order valence-electron chi connectivity index (χ3n) is 6.78. The number of urea groups is 1. The predicted octanol–water partition coefficient (Wildman–Crippen LogP) is 5.23. The monoisotopic (exact) mass is 526 g/mol. The number of hydrogen-bond acceptors (Lipinski definition) is 4. The molecule has 4 aromatic carbocycles. The topological polar surface area (TPSA) is 104 Å². The number of benzene rings is 4. The third-order valence-corrected chi connectivity index (χ3v) is 9.13. The van der Waals surface area contributed by atoms with Gasteiger partial charge in [-0.05, 0) is 59.0 Å². The van der Waals surface area contributed by atoms with Gasteiger partial charge in [0.15, 0.2) is 4.87 Å². The van der Waals surface area contributed by atoms with Crippen LogP contribution in [0.3, 0.4) is 0 Å². The zero-order valence-electron chi connectivity index (χ0n) is 20.4. The minimum absolute atomic E-state index is 0.0467. The Morgan fingerprint density at radius 1 is 0.842 bits per heavy atom. The molecule has 1 aliphatic rings. The number of carbonyl (C=O) groups excluding carboxylic acids is 1. The molecule has 1 atom stereocenters. The zero-order chi connectivity index (χ0) is 26.8. The van der Waals surface area contributed by atoms with Gasteiger partial charge < -0.3 is 10.4 Å². The number of anilines is 1. The minimum Gasteiger partial charge on any atom is -0.481 e. The lowest BCUT2D eigenvalue weighted by Crippen LogP contribution is -2.51. The van der Waals surface area contributed by atoms with Gasteiger partial charge in [0.05, 0.1) is 11.4 Å². The van der Waals surface area contributed by atoms with E-state index in [1.807, 2.05) is 42.5 Å². The van der Waals surface area contributed by atoms with Crippen molar-refractivity contribution in [1.29, 1.82) is 0 Å². The molecule has 1 fully saturated rings. The first-order valence-electron chi connectivity index (χ1n) is 12.2. The van der Waals surface area contributed by atoms with E-state index >= 15 is 0 Å². The van der Waals surface area contributed by atoms with E-state index in [-0.39, 0.29) is 17.9 Å². The largest absolute Gasteiger partial charge is 0.481 e. The lowest BCUT2D eigenvalue weighted by Gasteiger charge is -2.37. The second kappa shape index (κ2) is 10.1. The van der Waals surface area contributed by atoms with E-state index in [4.69, 9.17) is 5.11 Å². The van der Waals surface area contributed by atoms with Gasteiger partial charge in [0, 0.05) is 12.1 Å². The molecule has 2 N–H and O–H groups in total. The van der Waals surface area contributed by atoms with Crippen LogP contribution in [0, 0.1) is 0 Å². The van der Waals surface area contributed by atoms with Gasteiger partial charge in [-0.15, -0.1) is 0 Å². The Hall–Kier alpha value is -4.43. The van der Waals surface area contributed by atoms with Crippen molar-refractivity contribution >= 4 is 27.5 Å². The van der Waals surface area contributed by atoms with E-state index in [2.05, 4.69) is 5.32 Å². The Kier molecular flexibility index (Phi) is 6.73. The molecule has 1 unspecified atom stereocenters. The first kappa shape index (κ1) is 25.2. The standard InChI is InChI=1S/C30H26N2O5S/c33-28(34)19-16-22-14-17-23(18-15-22)24-8-7-9-25(20-24)30(38(36,37)27-12-5-2-6-13-27)21-31-29(35)32(30)26-10-3-1-4-11-26/h1-15,17-18,20H,16,19,21H2,(H,31,35)(H,33,34). The summed E-state index contributed by atoms with van der Waals surface area (Å²) in [6.45, 7) is -0.129. The quantitative estimate of drug-likeness (QED) is 0.327. The number of carboxylic acid groups (broad SMARTS) is 1. The predicted molar refractivity (Wildman–Crippen MR) is 145 cm³/mol. The molecule has 0 bridgehead atoms. The van der Waals surface area contributed by atoms with E-state index in [0.717, 1.165) is 16.7 Å². The maximum absolute atomic E-state index is 14.4. The molecule has 1 heterocycles. The molecule has 0 aliphatic carbocycles. The summed E-state index contributed by atoms with van der Waals surface area (Å²) in [5, 5.41) is 11.7. The molecule has 2 amide bonds. The molecular weight excluding hydrogens is 500 g/mol. The Morgan fingerprint density at radius 3 is 2.16 bits per heavy atom. The minimum atomic E-state index is -4.12. The number of aryl methyl sites for hydroxylation is 1. The maximum Gasteiger partial charge on any atom is 0.323 e. The molecule has 0 aromatic heterocycles. The first-order valence-corrected chi connectivity index (χ1v) is 13.7. The lowest BCUT2D eigenvalue weighted by atomic mass is 9.97. The number of hydrogen-bond donors (Lipinski definition) is 2. The van der Waals surface area contributed by atoms with E-state index in [1.165, 1.54) is 4.90 Å².